The molecule has 0 amide bonds. The van der Waals surface area contributed by atoms with E-state index < -0.39 is 0 Å². The molecule has 0 radical (unpaired) electrons. The normalized spacial score (nSPS) is 21.9. The van der Waals surface area contributed by atoms with Crippen LogP contribution < -0.4 is 0 Å². The summed E-state index contributed by atoms with van der Waals surface area (Å²) >= 11 is 0. The first-order valence-corrected chi connectivity index (χ1v) is 7.63. The monoisotopic (exact) mass is 254 g/mol. The van der Waals surface area contributed by atoms with Crippen LogP contribution in [0.25, 0.3) is 0 Å². The zero-order valence-electron chi connectivity index (χ0n) is 12.8. The van der Waals surface area contributed by atoms with Gasteiger partial charge < -0.3 is 4.74 Å². The predicted molar refractivity (Wildman–Crippen MR) is 75.4 cm³/mol. The fourth-order valence-corrected chi connectivity index (χ4v) is 3.01. The van der Waals surface area contributed by atoms with Gasteiger partial charge in [-0.3, -0.25) is 4.79 Å². The first-order valence-electron chi connectivity index (χ1n) is 7.63. The predicted octanol–water partition coefficient (Wildman–Crippen LogP) is 4.71. The molecule has 0 spiro atoms. The van der Waals surface area contributed by atoms with Crippen molar-refractivity contribution >= 4 is 5.97 Å². The van der Waals surface area contributed by atoms with Crippen molar-refractivity contribution in [1.29, 1.82) is 0 Å². The van der Waals surface area contributed by atoms with E-state index >= 15 is 0 Å². The van der Waals surface area contributed by atoms with Crippen LogP contribution >= 0.6 is 0 Å². The molecule has 2 heteroatoms. The highest BCUT2D eigenvalue weighted by Gasteiger charge is 2.43. The molecule has 106 valence electrons. The van der Waals surface area contributed by atoms with Gasteiger partial charge in [-0.25, -0.2) is 0 Å². The standard InChI is InChI=1S/C16H30O2/c1-6-10-15(5,13(3)4)14(17)18-16(7-2)11-8-9-12-16/h13H,6-12H2,1-5H3. The summed E-state index contributed by atoms with van der Waals surface area (Å²) in [6.07, 6.45) is 7.41. The Morgan fingerprint density at radius 1 is 1.28 bits per heavy atom. The number of carbonyl (C=O) groups excluding carboxylic acids is 1. The van der Waals surface area contributed by atoms with E-state index in [0.29, 0.717) is 5.92 Å². The summed E-state index contributed by atoms with van der Waals surface area (Å²) in [6, 6.07) is 0. The molecular weight excluding hydrogens is 224 g/mol. The van der Waals surface area contributed by atoms with Gasteiger partial charge in [0, 0.05) is 0 Å². The molecule has 0 aromatic rings. The largest absolute Gasteiger partial charge is 0.459 e. The van der Waals surface area contributed by atoms with Crippen LogP contribution in [0.15, 0.2) is 0 Å². The van der Waals surface area contributed by atoms with Crippen LogP contribution in [0.5, 0.6) is 0 Å². The average molecular weight is 254 g/mol. The summed E-state index contributed by atoms with van der Waals surface area (Å²) in [7, 11) is 0. The van der Waals surface area contributed by atoms with Gasteiger partial charge in [0.15, 0.2) is 0 Å². The zero-order chi connectivity index (χ0) is 13.8. The molecule has 1 atom stereocenters. The highest BCUT2D eigenvalue weighted by molar-refractivity contribution is 5.77. The quantitative estimate of drug-likeness (QED) is 0.641. The van der Waals surface area contributed by atoms with E-state index in [2.05, 4.69) is 34.6 Å². The van der Waals surface area contributed by atoms with Crippen molar-refractivity contribution in [1.82, 2.24) is 0 Å². The van der Waals surface area contributed by atoms with Crippen LogP contribution in [-0.2, 0) is 9.53 Å². The molecule has 0 bridgehead atoms. The second kappa shape index (κ2) is 6.08. The maximum atomic E-state index is 12.6. The minimum absolute atomic E-state index is 0.0306. The molecule has 18 heavy (non-hydrogen) atoms. The first-order chi connectivity index (χ1) is 8.40. The Labute approximate surface area is 112 Å². The van der Waals surface area contributed by atoms with Crippen molar-refractivity contribution in [3.63, 3.8) is 0 Å². The van der Waals surface area contributed by atoms with Crippen molar-refractivity contribution in [2.24, 2.45) is 11.3 Å². The van der Waals surface area contributed by atoms with Crippen LogP contribution in [0.3, 0.4) is 0 Å². The van der Waals surface area contributed by atoms with E-state index in [0.717, 1.165) is 32.1 Å². The zero-order valence-corrected chi connectivity index (χ0v) is 12.8. The van der Waals surface area contributed by atoms with E-state index in [1.807, 2.05) is 0 Å². The third-order valence-electron chi connectivity index (χ3n) is 4.98. The van der Waals surface area contributed by atoms with Crippen LogP contribution in [0.4, 0.5) is 0 Å². The van der Waals surface area contributed by atoms with Gasteiger partial charge in [-0.15, -0.1) is 0 Å². The molecule has 1 aliphatic rings. The molecule has 0 aromatic heterocycles. The lowest BCUT2D eigenvalue weighted by molar-refractivity contribution is -0.175. The number of hydrogen-bond acceptors (Lipinski definition) is 2. The van der Waals surface area contributed by atoms with Gasteiger partial charge >= 0.3 is 5.97 Å². The minimum atomic E-state index is -0.320. The van der Waals surface area contributed by atoms with E-state index in [1.165, 1.54) is 12.8 Å². The topological polar surface area (TPSA) is 26.3 Å². The van der Waals surface area contributed by atoms with E-state index in [1.54, 1.807) is 0 Å². The molecule has 0 aromatic carbocycles. The molecule has 0 N–H and O–H groups in total. The Hall–Kier alpha value is -0.530. The second-order valence-corrected chi connectivity index (χ2v) is 6.46. The average Bonchev–Trinajstić information content (AvgIpc) is 2.78. The lowest BCUT2D eigenvalue weighted by Crippen LogP contribution is -2.41. The van der Waals surface area contributed by atoms with E-state index in [4.69, 9.17) is 4.74 Å². The Bertz CT molecular complexity index is 277. The minimum Gasteiger partial charge on any atom is -0.459 e. The van der Waals surface area contributed by atoms with Gasteiger partial charge in [0.05, 0.1) is 5.41 Å². The Balaban J connectivity index is 2.78. The highest BCUT2D eigenvalue weighted by Crippen LogP contribution is 2.41. The molecule has 0 aliphatic heterocycles. The molecule has 1 fully saturated rings. The van der Waals surface area contributed by atoms with Crippen LogP contribution in [0.2, 0.25) is 0 Å². The summed E-state index contributed by atoms with van der Waals surface area (Å²) in [4.78, 5) is 12.6. The van der Waals surface area contributed by atoms with Crippen molar-refractivity contribution < 1.29 is 9.53 Å². The summed E-state index contributed by atoms with van der Waals surface area (Å²) in [5, 5.41) is 0. The Kier molecular flexibility index (Phi) is 5.24. The van der Waals surface area contributed by atoms with E-state index in [-0.39, 0.29) is 17.0 Å². The highest BCUT2D eigenvalue weighted by atomic mass is 16.6. The molecule has 1 unspecified atom stereocenters. The summed E-state index contributed by atoms with van der Waals surface area (Å²) in [6.45, 7) is 10.6. The van der Waals surface area contributed by atoms with Gasteiger partial charge in [-0.2, -0.15) is 0 Å². The first kappa shape index (κ1) is 15.5. The third kappa shape index (κ3) is 3.07. The number of hydrogen-bond donors (Lipinski definition) is 0. The van der Waals surface area contributed by atoms with Crippen LogP contribution in [0, 0.1) is 11.3 Å². The number of carbonyl (C=O) groups is 1. The number of ether oxygens (including phenoxy) is 1. The molecule has 1 saturated carbocycles. The fourth-order valence-electron chi connectivity index (χ4n) is 3.01. The van der Waals surface area contributed by atoms with Crippen molar-refractivity contribution in [3.8, 4) is 0 Å². The third-order valence-corrected chi connectivity index (χ3v) is 4.98. The summed E-state index contributed by atoms with van der Waals surface area (Å²) in [5.41, 5.74) is -0.472. The van der Waals surface area contributed by atoms with Gasteiger partial charge in [-0.1, -0.05) is 34.1 Å². The molecule has 1 rings (SSSR count). The van der Waals surface area contributed by atoms with Crippen molar-refractivity contribution in [2.75, 3.05) is 0 Å². The van der Waals surface area contributed by atoms with Gasteiger partial charge in [0.2, 0.25) is 0 Å². The SMILES string of the molecule is CCCC(C)(C(=O)OC1(CC)CCCC1)C(C)C. The molecule has 0 heterocycles. The van der Waals surface area contributed by atoms with Gasteiger partial charge in [0.1, 0.15) is 5.60 Å². The Morgan fingerprint density at radius 2 is 1.83 bits per heavy atom. The second-order valence-electron chi connectivity index (χ2n) is 6.46. The lowest BCUT2D eigenvalue weighted by Gasteiger charge is -2.36. The summed E-state index contributed by atoms with van der Waals surface area (Å²) < 4.78 is 5.99. The number of esters is 1. The van der Waals surface area contributed by atoms with Crippen LogP contribution in [-0.4, -0.2) is 11.6 Å². The molecule has 1 aliphatic carbocycles. The van der Waals surface area contributed by atoms with Gasteiger partial charge in [-0.05, 0) is 51.4 Å². The maximum absolute atomic E-state index is 12.6. The molecule has 2 nitrogen and oxygen atoms in total. The van der Waals surface area contributed by atoms with Crippen LogP contribution in [0.1, 0.15) is 79.6 Å². The lowest BCUT2D eigenvalue weighted by atomic mass is 9.75. The van der Waals surface area contributed by atoms with Crippen molar-refractivity contribution in [3.05, 3.63) is 0 Å². The van der Waals surface area contributed by atoms with Gasteiger partial charge in [0.25, 0.3) is 0 Å². The van der Waals surface area contributed by atoms with E-state index in [9.17, 15) is 4.79 Å². The van der Waals surface area contributed by atoms with Crippen molar-refractivity contribution in [2.45, 2.75) is 85.2 Å². The molecule has 0 saturated heterocycles. The summed E-state index contributed by atoms with van der Waals surface area (Å²) in [5.74, 6) is 0.364. The number of rotatable bonds is 6. The fraction of sp³-hybridized carbons (Fsp3) is 0.938. The molecular formula is C16H30O2. The smallest absolute Gasteiger partial charge is 0.312 e. The maximum Gasteiger partial charge on any atom is 0.312 e. The Morgan fingerprint density at radius 3 is 2.22 bits per heavy atom.